The van der Waals surface area contributed by atoms with Crippen molar-refractivity contribution in [3.63, 3.8) is 0 Å². The molecule has 1 aliphatic heterocycles. The molecule has 3 rings (SSSR count). The monoisotopic (exact) mass is 438 g/mol. The standard InChI is InChI=1S/C24H26N2O6/c1-15-10-16(2)24(17(3)11-15)26-21(27)13-25-22(28)14-32-23(29)7-5-18-4-6-19-20(12-18)31-9-8-30-19/h4-7,10-12H,8-9,13-14H2,1-3H3,(H,25,28)(H,26,27)/b7-5+. The van der Waals surface area contributed by atoms with Crippen molar-refractivity contribution < 1.29 is 28.6 Å². The number of esters is 1. The molecule has 0 radical (unpaired) electrons. The molecule has 0 bridgehead atoms. The molecule has 2 N–H and O–H groups in total. The summed E-state index contributed by atoms with van der Waals surface area (Å²) in [5.41, 5.74) is 4.46. The predicted molar refractivity (Wildman–Crippen MR) is 120 cm³/mol. The van der Waals surface area contributed by atoms with Gasteiger partial charge >= 0.3 is 5.97 Å². The highest BCUT2D eigenvalue weighted by atomic mass is 16.6. The van der Waals surface area contributed by atoms with Crippen molar-refractivity contribution in [3.05, 3.63) is 58.7 Å². The number of carbonyl (C=O) groups excluding carboxylic acids is 3. The van der Waals surface area contributed by atoms with Crippen molar-refractivity contribution in [2.45, 2.75) is 20.8 Å². The smallest absolute Gasteiger partial charge is 0.331 e. The number of anilines is 1. The third kappa shape index (κ3) is 6.34. The van der Waals surface area contributed by atoms with Gasteiger partial charge in [-0.3, -0.25) is 9.59 Å². The Morgan fingerprint density at radius 2 is 1.66 bits per heavy atom. The van der Waals surface area contributed by atoms with E-state index in [0.29, 0.717) is 24.7 Å². The first-order chi connectivity index (χ1) is 15.3. The average molecular weight is 438 g/mol. The molecule has 0 fully saturated rings. The van der Waals surface area contributed by atoms with Crippen LogP contribution in [-0.2, 0) is 19.1 Å². The van der Waals surface area contributed by atoms with Crippen molar-refractivity contribution in [2.24, 2.45) is 0 Å². The van der Waals surface area contributed by atoms with Gasteiger partial charge in [-0.15, -0.1) is 0 Å². The molecule has 0 saturated heterocycles. The molecule has 8 nitrogen and oxygen atoms in total. The van der Waals surface area contributed by atoms with E-state index in [0.717, 1.165) is 27.9 Å². The second kappa shape index (κ2) is 10.5. The lowest BCUT2D eigenvalue weighted by atomic mass is 10.1. The zero-order chi connectivity index (χ0) is 23.1. The topological polar surface area (TPSA) is 103 Å². The van der Waals surface area contributed by atoms with Gasteiger partial charge in [0.05, 0.1) is 6.54 Å². The highest BCUT2D eigenvalue weighted by molar-refractivity contribution is 5.96. The maximum Gasteiger partial charge on any atom is 0.331 e. The summed E-state index contributed by atoms with van der Waals surface area (Å²) in [5, 5.41) is 5.23. The minimum Gasteiger partial charge on any atom is -0.486 e. The van der Waals surface area contributed by atoms with Gasteiger partial charge in [0.25, 0.3) is 5.91 Å². The molecule has 0 aliphatic carbocycles. The molecular weight excluding hydrogens is 412 g/mol. The van der Waals surface area contributed by atoms with Crippen LogP contribution in [-0.4, -0.2) is 44.1 Å². The van der Waals surface area contributed by atoms with Crippen molar-refractivity contribution in [1.82, 2.24) is 5.32 Å². The molecule has 2 aromatic carbocycles. The average Bonchev–Trinajstić information content (AvgIpc) is 2.77. The number of nitrogens with one attached hydrogen (secondary N) is 2. The van der Waals surface area contributed by atoms with Gasteiger partial charge in [-0.2, -0.15) is 0 Å². The number of aryl methyl sites for hydroxylation is 3. The summed E-state index contributed by atoms with van der Waals surface area (Å²) < 4.78 is 15.9. The van der Waals surface area contributed by atoms with Gasteiger partial charge in [0.1, 0.15) is 13.2 Å². The molecule has 0 spiro atoms. The van der Waals surface area contributed by atoms with Crippen molar-refractivity contribution in [3.8, 4) is 11.5 Å². The lowest BCUT2D eigenvalue weighted by molar-refractivity contribution is -0.143. The van der Waals surface area contributed by atoms with Gasteiger partial charge in [-0.25, -0.2) is 4.79 Å². The Morgan fingerprint density at radius 1 is 0.969 bits per heavy atom. The largest absolute Gasteiger partial charge is 0.486 e. The molecule has 8 heteroatoms. The fourth-order valence-electron chi connectivity index (χ4n) is 3.30. The Labute approximate surface area is 186 Å². The van der Waals surface area contributed by atoms with Crippen LogP contribution in [0.15, 0.2) is 36.4 Å². The molecule has 1 aliphatic rings. The van der Waals surface area contributed by atoms with Crippen LogP contribution in [0.4, 0.5) is 5.69 Å². The molecule has 32 heavy (non-hydrogen) atoms. The number of hydrogen-bond donors (Lipinski definition) is 2. The number of rotatable bonds is 7. The van der Waals surface area contributed by atoms with Crippen LogP contribution < -0.4 is 20.1 Å². The number of fused-ring (bicyclic) bond motifs is 1. The van der Waals surface area contributed by atoms with E-state index in [1.165, 1.54) is 6.08 Å². The summed E-state index contributed by atoms with van der Waals surface area (Å²) in [5.74, 6) is -0.341. The van der Waals surface area contributed by atoms with Gasteiger partial charge in [0.15, 0.2) is 18.1 Å². The summed E-state index contributed by atoms with van der Waals surface area (Å²) in [6.07, 6.45) is 2.77. The molecule has 2 aromatic rings. The lowest BCUT2D eigenvalue weighted by Crippen LogP contribution is -2.35. The highest BCUT2D eigenvalue weighted by Crippen LogP contribution is 2.31. The Balaban J connectivity index is 1.41. The van der Waals surface area contributed by atoms with Crippen LogP contribution in [0.25, 0.3) is 6.08 Å². The van der Waals surface area contributed by atoms with Crippen LogP contribution in [0.3, 0.4) is 0 Å². The van der Waals surface area contributed by atoms with Gasteiger partial charge in [0, 0.05) is 11.8 Å². The van der Waals surface area contributed by atoms with Gasteiger partial charge < -0.3 is 24.8 Å². The minimum atomic E-state index is -0.676. The number of amides is 2. The van der Waals surface area contributed by atoms with E-state index in [-0.39, 0.29) is 12.5 Å². The second-order valence-electron chi connectivity index (χ2n) is 7.44. The highest BCUT2D eigenvalue weighted by Gasteiger charge is 2.12. The molecule has 168 valence electrons. The van der Waals surface area contributed by atoms with Gasteiger partial charge in [0.2, 0.25) is 5.91 Å². The van der Waals surface area contributed by atoms with Crippen LogP contribution in [0.2, 0.25) is 0 Å². The van der Waals surface area contributed by atoms with E-state index in [1.54, 1.807) is 24.3 Å². The summed E-state index contributed by atoms with van der Waals surface area (Å²) >= 11 is 0. The fourth-order valence-corrected chi connectivity index (χ4v) is 3.30. The lowest BCUT2D eigenvalue weighted by Gasteiger charge is -2.18. The number of ether oxygens (including phenoxy) is 3. The first-order valence-corrected chi connectivity index (χ1v) is 10.2. The maximum atomic E-state index is 12.1. The van der Waals surface area contributed by atoms with E-state index in [9.17, 15) is 14.4 Å². The molecule has 0 aromatic heterocycles. The van der Waals surface area contributed by atoms with E-state index >= 15 is 0 Å². The number of carbonyl (C=O) groups is 3. The predicted octanol–water partition coefficient (Wildman–Crippen LogP) is 2.69. The zero-order valence-corrected chi connectivity index (χ0v) is 18.3. The second-order valence-corrected chi connectivity index (χ2v) is 7.44. The summed E-state index contributed by atoms with van der Waals surface area (Å²) in [6.45, 7) is 6.07. The van der Waals surface area contributed by atoms with Crippen molar-refractivity contribution in [2.75, 3.05) is 31.7 Å². The number of hydrogen-bond acceptors (Lipinski definition) is 6. The quantitative estimate of drug-likeness (QED) is 0.509. The molecule has 2 amide bonds. The molecule has 0 atom stereocenters. The van der Waals surface area contributed by atoms with Gasteiger partial charge in [-0.1, -0.05) is 23.8 Å². The SMILES string of the molecule is Cc1cc(C)c(NC(=O)CNC(=O)COC(=O)/C=C/c2ccc3c(c2)OCCO3)c(C)c1. The van der Waals surface area contributed by atoms with E-state index < -0.39 is 18.5 Å². The third-order valence-corrected chi connectivity index (χ3v) is 4.71. The first kappa shape index (κ1) is 22.9. The molecule has 0 unspecified atom stereocenters. The summed E-state index contributed by atoms with van der Waals surface area (Å²) in [7, 11) is 0. The molecule has 0 saturated carbocycles. The fraction of sp³-hybridized carbons (Fsp3) is 0.292. The van der Waals surface area contributed by atoms with Gasteiger partial charge in [-0.05, 0) is 55.7 Å². The zero-order valence-electron chi connectivity index (χ0n) is 18.3. The summed E-state index contributed by atoms with van der Waals surface area (Å²) in [4.78, 5) is 35.9. The van der Waals surface area contributed by atoms with Crippen LogP contribution >= 0.6 is 0 Å². The van der Waals surface area contributed by atoms with E-state index in [1.807, 2.05) is 32.9 Å². The Morgan fingerprint density at radius 3 is 2.38 bits per heavy atom. The van der Waals surface area contributed by atoms with Crippen molar-refractivity contribution in [1.29, 1.82) is 0 Å². The third-order valence-electron chi connectivity index (χ3n) is 4.71. The Hall–Kier alpha value is -3.81. The van der Waals surface area contributed by atoms with Crippen LogP contribution in [0, 0.1) is 20.8 Å². The summed E-state index contributed by atoms with van der Waals surface area (Å²) in [6, 6.07) is 9.23. The van der Waals surface area contributed by atoms with E-state index in [4.69, 9.17) is 14.2 Å². The van der Waals surface area contributed by atoms with Crippen LogP contribution in [0.5, 0.6) is 11.5 Å². The van der Waals surface area contributed by atoms with Crippen molar-refractivity contribution >= 4 is 29.5 Å². The minimum absolute atomic E-state index is 0.226. The molecule has 1 heterocycles. The molecular formula is C24H26N2O6. The Bertz CT molecular complexity index is 1040. The maximum absolute atomic E-state index is 12.1. The Kier molecular flexibility index (Phi) is 7.49. The van der Waals surface area contributed by atoms with E-state index in [2.05, 4.69) is 10.6 Å². The number of benzene rings is 2. The normalized spacial score (nSPS) is 12.3. The first-order valence-electron chi connectivity index (χ1n) is 10.2. The van der Waals surface area contributed by atoms with Crippen LogP contribution in [0.1, 0.15) is 22.3 Å².